The number of ether oxygens (including phenoxy) is 1. The van der Waals surface area contributed by atoms with E-state index in [0.29, 0.717) is 0 Å². The second-order valence-corrected chi connectivity index (χ2v) is 6.16. The molecule has 0 fully saturated rings. The van der Waals surface area contributed by atoms with Gasteiger partial charge in [-0.25, -0.2) is 0 Å². The summed E-state index contributed by atoms with van der Waals surface area (Å²) >= 11 is 0. The maximum absolute atomic E-state index is 5.34. The predicted molar refractivity (Wildman–Crippen MR) is 101 cm³/mol. The van der Waals surface area contributed by atoms with Gasteiger partial charge in [-0.15, -0.1) is 0 Å². The van der Waals surface area contributed by atoms with Crippen LogP contribution in [0.4, 0.5) is 0 Å². The van der Waals surface area contributed by atoms with E-state index < -0.39 is 0 Å². The van der Waals surface area contributed by atoms with Crippen molar-refractivity contribution in [3.8, 4) is 0 Å². The normalized spacial score (nSPS) is 12.0. The number of hydrogen-bond acceptors (Lipinski definition) is 3. The third kappa shape index (κ3) is 17.4. The molecule has 138 valence electrons. The Morgan fingerprint density at radius 3 is 2.35 bits per heavy atom. The van der Waals surface area contributed by atoms with Crippen LogP contribution < -0.4 is 10.6 Å². The van der Waals surface area contributed by atoms with E-state index in [1.807, 2.05) is 6.92 Å². The standard InChI is InChI=1S/C18H40N4O/c1-5-19-18(21-15-11-13-17-23-6-2)20-14-10-8-7-9-12-16-22(3)4/h5-17H2,1-4H3,(H2,19,20,21). The molecule has 0 aliphatic carbocycles. The molecule has 5 nitrogen and oxygen atoms in total. The Kier molecular flexibility index (Phi) is 16.9. The van der Waals surface area contributed by atoms with Crippen molar-refractivity contribution in [3.05, 3.63) is 0 Å². The smallest absolute Gasteiger partial charge is 0.191 e. The topological polar surface area (TPSA) is 48.9 Å². The van der Waals surface area contributed by atoms with Crippen molar-refractivity contribution in [2.75, 3.05) is 53.5 Å². The summed E-state index contributed by atoms with van der Waals surface area (Å²) in [6, 6.07) is 0. The molecule has 0 radical (unpaired) electrons. The maximum Gasteiger partial charge on any atom is 0.191 e. The molecule has 0 aromatic carbocycles. The van der Waals surface area contributed by atoms with Crippen molar-refractivity contribution < 1.29 is 4.74 Å². The average molecular weight is 329 g/mol. The second kappa shape index (κ2) is 17.5. The zero-order valence-corrected chi connectivity index (χ0v) is 16.0. The van der Waals surface area contributed by atoms with Gasteiger partial charge < -0.3 is 20.3 Å². The van der Waals surface area contributed by atoms with Crippen molar-refractivity contribution in [1.29, 1.82) is 0 Å². The van der Waals surface area contributed by atoms with Crippen molar-refractivity contribution >= 4 is 5.96 Å². The molecule has 0 aliphatic rings. The fourth-order valence-corrected chi connectivity index (χ4v) is 2.28. The molecule has 0 bridgehead atoms. The summed E-state index contributed by atoms with van der Waals surface area (Å²) in [6.07, 6.45) is 8.66. The maximum atomic E-state index is 5.34. The minimum atomic E-state index is 0.812. The van der Waals surface area contributed by atoms with Crippen LogP contribution in [0, 0.1) is 0 Å². The van der Waals surface area contributed by atoms with E-state index in [0.717, 1.165) is 51.6 Å². The lowest BCUT2D eigenvalue weighted by molar-refractivity contribution is 0.143. The number of hydrogen-bond donors (Lipinski definition) is 2. The second-order valence-electron chi connectivity index (χ2n) is 6.16. The predicted octanol–water partition coefficient (Wildman–Crippen LogP) is 2.87. The first-order valence-electron chi connectivity index (χ1n) is 9.45. The van der Waals surface area contributed by atoms with Gasteiger partial charge in [0.2, 0.25) is 0 Å². The summed E-state index contributed by atoms with van der Waals surface area (Å²) in [5.74, 6) is 0.955. The van der Waals surface area contributed by atoms with E-state index in [1.165, 1.54) is 38.6 Å². The molecule has 5 heteroatoms. The Bertz CT molecular complexity index is 270. The molecule has 0 rings (SSSR count). The van der Waals surface area contributed by atoms with Crippen LogP contribution in [0.3, 0.4) is 0 Å². The van der Waals surface area contributed by atoms with Crippen LogP contribution in [0.1, 0.15) is 58.8 Å². The van der Waals surface area contributed by atoms with Crippen LogP contribution in [0.25, 0.3) is 0 Å². The first kappa shape index (κ1) is 22.2. The minimum Gasteiger partial charge on any atom is -0.382 e. The largest absolute Gasteiger partial charge is 0.382 e. The van der Waals surface area contributed by atoms with Crippen molar-refractivity contribution in [2.45, 2.75) is 58.8 Å². The Morgan fingerprint density at radius 1 is 0.913 bits per heavy atom. The van der Waals surface area contributed by atoms with Crippen LogP contribution in [-0.4, -0.2) is 64.3 Å². The highest BCUT2D eigenvalue weighted by molar-refractivity contribution is 5.79. The molecule has 0 unspecified atom stereocenters. The van der Waals surface area contributed by atoms with Gasteiger partial charge in [-0.05, 0) is 60.2 Å². The van der Waals surface area contributed by atoms with E-state index in [4.69, 9.17) is 4.74 Å². The monoisotopic (exact) mass is 328 g/mol. The van der Waals surface area contributed by atoms with E-state index in [2.05, 4.69) is 41.5 Å². The van der Waals surface area contributed by atoms with Gasteiger partial charge >= 0.3 is 0 Å². The number of guanidine groups is 1. The summed E-state index contributed by atoms with van der Waals surface area (Å²) in [5.41, 5.74) is 0. The molecule has 0 saturated heterocycles. The van der Waals surface area contributed by atoms with Crippen molar-refractivity contribution in [3.63, 3.8) is 0 Å². The number of unbranched alkanes of at least 4 members (excludes halogenated alkanes) is 5. The van der Waals surface area contributed by atoms with Crippen LogP contribution >= 0.6 is 0 Å². The van der Waals surface area contributed by atoms with Crippen LogP contribution in [-0.2, 0) is 4.74 Å². The molecular weight excluding hydrogens is 288 g/mol. The highest BCUT2D eigenvalue weighted by Gasteiger charge is 1.97. The summed E-state index contributed by atoms with van der Waals surface area (Å²) in [4.78, 5) is 6.91. The third-order valence-electron chi connectivity index (χ3n) is 3.59. The lowest BCUT2D eigenvalue weighted by atomic mass is 10.1. The van der Waals surface area contributed by atoms with Crippen LogP contribution in [0.15, 0.2) is 4.99 Å². The Hall–Kier alpha value is -0.810. The number of aliphatic imine (C=N–C) groups is 1. The number of rotatable bonds is 15. The highest BCUT2D eigenvalue weighted by Crippen LogP contribution is 2.03. The van der Waals surface area contributed by atoms with Gasteiger partial charge in [0.05, 0.1) is 0 Å². The summed E-state index contributed by atoms with van der Waals surface area (Å²) in [6.45, 7) is 9.82. The fraction of sp³-hybridized carbons (Fsp3) is 0.944. The first-order valence-corrected chi connectivity index (χ1v) is 9.45. The fourth-order valence-electron chi connectivity index (χ4n) is 2.28. The number of nitrogens with one attached hydrogen (secondary N) is 2. The zero-order valence-electron chi connectivity index (χ0n) is 16.0. The van der Waals surface area contributed by atoms with Gasteiger partial charge in [-0.3, -0.25) is 4.99 Å². The van der Waals surface area contributed by atoms with Gasteiger partial charge in [-0.1, -0.05) is 19.3 Å². The SMILES string of the molecule is CCNC(=NCCCCCCCN(C)C)NCCCCOCC. The Balaban J connectivity index is 3.60. The Morgan fingerprint density at radius 2 is 1.65 bits per heavy atom. The molecule has 0 saturated carbocycles. The van der Waals surface area contributed by atoms with Gasteiger partial charge in [0.15, 0.2) is 5.96 Å². The molecule has 0 heterocycles. The quantitative estimate of drug-likeness (QED) is 0.276. The molecule has 0 atom stereocenters. The van der Waals surface area contributed by atoms with Gasteiger partial charge in [0, 0.05) is 32.8 Å². The minimum absolute atomic E-state index is 0.812. The first-order chi connectivity index (χ1) is 11.2. The Labute approximate surface area is 144 Å². The molecule has 0 aromatic rings. The molecule has 0 amide bonds. The summed E-state index contributed by atoms with van der Waals surface area (Å²) in [7, 11) is 4.28. The van der Waals surface area contributed by atoms with Crippen LogP contribution in [0.5, 0.6) is 0 Å². The average Bonchev–Trinajstić information content (AvgIpc) is 2.52. The lowest BCUT2D eigenvalue weighted by Crippen LogP contribution is -2.37. The van der Waals surface area contributed by atoms with Crippen molar-refractivity contribution in [1.82, 2.24) is 15.5 Å². The van der Waals surface area contributed by atoms with Gasteiger partial charge in [0.25, 0.3) is 0 Å². The zero-order chi connectivity index (χ0) is 17.2. The molecule has 0 aliphatic heterocycles. The van der Waals surface area contributed by atoms with E-state index in [9.17, 15) is 0 Å². The molecule has 2 N–H and O–H groups in total. The summed E-state index contributed by atoms with van der Waals surface area (Å²) in [5, 5.41) is 6.71. The van der Waals surface area contributed by atoms with E-state index >= 15 is 0 Å². The molecular formula is C18H40N4O. The van der Waals surface area contributed by atoms with Gasteiger partial charge in [-0.2, -0.15) is 0 Å². The van der Waals surface area contributed by atoms with Crippen molar-refractivity contribution in [2.24, 2.45) is 4.99 Å². The molecule has 0 spiro atoms. The van der Waals surface area contributed by atoms with Gasteiger partial charge in [0.1, 0.15) is 0 Å². The van der Waals surface area contributed by atoms with E-state index in [-0.39, 0.29) is 0 Å². The third-order valence-corrected chi connectivity index (χ3v) is 3.59. The highest BCUT2D eigenvalue weighted by atomic mass is 16.5. The molecule has 23 heavy (non-hydrogen) atoms. The van der Waals surface area contributed by atoms with E-state index in [1.54, 1.807) is 0 Å². The van der Waals surface area contributed by atoms with Crippen LogP contribution in [0.2, 0.25) is 0 Å². The lowest BCUT2D eigenvalue weighted by Gasteiger charge is -2.11. The number of nitrogens with zero attached hydrogens (tertiary/aromatic N) is 2. The molecule has 0 aromatic heterocycles. The summed E-state index contributed by atoms with van der Waals surface area (Å²) < 4.78 is 5.34.